The summed E-state index contributed by atoms with van der Waals surface area (Å²) in [6.45, 7) is 3.41. The van der Waals surface area contributed by atoms with Gasteiger partial charge in [0.1, 0.15) is 7.85 Å². The first-order valence-corrected chi connectivity index (χ1v) is 1.92. The summed E-state index contributed by atoms with van der Waals surface area (Å²) >= 11 is 0. The van der Waals surface area contributed by atoms with E-state index in [1.807, 2.05) is 0 Å². The fourth-order valence-corrected chi connectivity index (χ4v) is 0.184. The highest BCUT2D eigenvalue weighted by Gasteiger charge is 1.72. The lowest BCUT2D eigenvalue weighted by Gasteiger charge is -1.87. The molecular formula is C5H7BO. The van der Waals surface area contributed by atoms with Crippen LogP contribution in [0.25, 0.3) is 0 Å². The second-order valence-corrected chi connectivity index (χ2v) is 1.06. The number of ether oxygens (including phenoxy) is 1. The Hall–Kier alpha value is -0.655. The largest absolute Gasteiger partial charge is 0.505 e. The molecular weight excluding hydrogens is 86.9 g/mol. The van der Waals surface area contributed by atoms with Crippen molar-refractivity contribution < 1.29 is 4.74 Å². The van der Waals surface area contributed by atoms with Gasteiger partial charge in [-0.05, 0) is 0 Å². The van der Waals surface area contributed by atoms with Crippen LogP contribution in [0.4, 0.5) is 0 Å². The van der Waals surface area contributed by atoms with E-state index >= 15 is 0 Å². The highest BCUT2D eigenvalue weighted by molar-refractivity contribution is 6.23. The molecule has 0 heterocycles. The van der Waals surface area contributed by atoms with E-state index in [-0.39, 0.29) is 0 Å². The number of rotatable bonds is 2. The van der Waals surface area contributed by atoms with E-state index in [0.717, 1.165) is 0 Å². The number of allylic oxidation sites excluding steroid dienone is 2. The molecule has 0 saturated heterocycles. The molecule has 0 N–H and O–H groups in total. The molecule has 0 rings (SSSR count). The van der Waals surface area contributed by atoms with Gasteiger partial charge in [-0.3, -0.25) is 0 Å². The maximum Gasteiger partial charge on any atom is 0.118 e. The molecule has 0 unspecified atom stereocenters. The van der Waals surface area contributed by atoms with Gasteiger partial charge < -0.3 is 4.74 Å². The van der Waals surface area contributed by atoms with Crippen molar-refractivity contribution in [3.8, 4) is 0 Å². The topological polar surface area (TPSA) is 9.23 Å². The maximum atomic E-state index is 5.20. The predicted octanol–water partition coefficient (Wildman–Crippen LogP) is 0.829. The third-order valence-electron chi connectivity index (χ3n) is 0.490. The molecule has 2 radical (unpaired) electrons. The van der Waals surface area contributed by atoms with Crippen LogP contribution in [0.2, 0.25) is 0 Å². The van der Waals surface area contributed by atoms with Gasteiger partial charge in [0.2, 0.25) is 0 Å². The average Bonchev–Trinajstić information content (AvgIpc) is 1.68. The third-order valence-corrected chi connectivity index (χ3v) is 0.490. The van der Waals surface area contributed by atoms with Crippen LogP contribution in [0.15, 0.2) is 24.4 Å². The fraction of sp³-hybridized carbons (Fsp3) is 0.200. The molecule has 0 atom stereocenters. The van der Waals surface area contributed by atoms with Gasteiger partial charge in [0.25, 0.3) is 0 Å². The minimum atomic E-state index is 0.544. The zero-order valence-corrected chi connectivity index (χ0v) is 4.35. The molecule has 0 aliphatic carbocycles. The van der Waals surface area contributed by atoms with E-state index in [1.165, 1.54) is 19.4 Å². The Balaban J connectivity index is 3.49. The molecule has 0 bridgehead atoms. The number of hydrogen-bond acceptors (Lipinski definition) is 1. The highest BCUT2D eigenvalue weighted by Crippen LogP contribution is 1.84. The van der Waals surface area contributed by atoms with Gasteiger partial charge >= 0.3 is 0 Å². The molecule has 36 valence electrons. The lowest BCUT2D eigenvalue weighted by Crippen LogP contribution is -1.74. The molecule has 0 aromatic carbocycles. The smallest absolute Gasteiger partial charge is 0.118 e. The second-order valence-electron chi connectivity index (χ2n) is 1.06. The molecule has 0 fully saturated rings. The van der Waals surface area contributed by atoms with E-state index in [4.69, 9.17) is 7.85 Å². The normalized spacial score (nSPS) is 10.7. The van der Waals surface area contributed by atoms with Gasteiger partial charge in [0.05, 0.1) is 13.4 Å². The predicted molar refractivity (Wildman–Crippen MR) is 31.0 cm³/mol. The molecule has 0 aliphatic heterocycles. The van der Waals surface area contributed by atoms with E-state index in [1.54, 1.807) is 0 Å². The first-order valence-electron chi connectivity index (χ1n) is 1.92. The van der Waals surface area contributed by atoms with Crippen molar-refractivity contribution in [3.05, 3.63) is 24.4 Å². The molecule has 0 amide bonds. The molecule has 0 aromatic rings. The summed E-state index contributed by atoms with van der Waals surface area (Å²) in [6.07, 6.45) is 2.94. The van der Waals surface area contributed by atoms with Crippen LogP contribution in [0.1, 0.15) is 0 Å². The van der Waals surface area contributed by atoms with E-state index < -0.39 is 0 Å². The Kier molecular flexibility index (Phi) is 3.20. The monoisotopic (exact) mass is 94.1 g/mol. The van der Waals surface area contributed by atoms with Crippen LogP contribution >= 0.6 is 0 Å². The van der Waals surface area contributed by atoms with Gasteiger partial charge in [-0.15, -0.1) is 0 Å². The minimum absolute atomic E-state index is 0.544. The van der Waals surface area contributed by atoms with Gasteiger partial charge in [-0.1, -0.05) is 18.1 Å². The van der Waals surface area contributed by atoms with Gasteiger partial charge in [-0.2, -0.15) is 0 Å². The standard InChI is InChI=1S/C5H7BO/c1-3-5(6)4-7-2/h3-4H,1H2,2H3/b5-4+. The van der Waals surface area contributed by atoms with Crippen LogP contribution in [-0.4, -0.2) is 15.0 Å². The Bertz CT molecular complexity index is 86.1. The summed E-state index contributed by atoms with van der Waals surface area (Å²) in [7, 11) is 6.74. The average molecular weight is 93.9 g/mol. The molecule has 0 saturated carbocycles. The van der Waals surface area contributed by atoms with Crippen molar-refractivity contribution in [3.63, 3.8) is 0 Å². The van der Waals surface area contributed by atoms with E-state index in [0.29, 0.717) is 5.47 Å². The van der Waals surface area contributed by atoms with E-state index in [9.17, 15) is 0 Å². The molecule has 1 nitrogen and oxygen atoms in total. The van der Waals surface area contributed by atoms with Crippen LogP contribution in [0, 0.1) is 0 Å². The van der Waals surface area contributed by atoms with Crippen LogP contribution in [0.3, 0.4) is 0 Å². The molecule has 0 aromatic heterocycles. The van der Waals surface area contributed by atoms with Gasteiger partial charge in [0.15, 0.2) is 0 Å². The lowest BCUT2D eigenvalue weighted by atomic mass is 9.98. The van der Waals surface area contributed by atoms with Crippen molar-refractivity contribution in [1.82, 2.24) is 0 Å². The molecule has 0 spiro atoms. The van der Waals surface area contributed by atoms with Crippen molar-refractivity contribution >= 4 is 7.85 Å². The quantitative estimate of drug-likeness (QED) is 0.279. The highest BCUT2D eigenvalue weighted by atomic mass is 16.5. The summed E-state index contributed by atoms with van der Waals surface area (Å²) in [6, 6.07) is 0. The van der Waals surface area contributed by atoms with Crippen molar-refractivity contribution in [2.75, 3.05) is 7.11 Å². The maximum absolute atomic E-state index is 5.20. The van der Waals surface area contributed by atoms with Crippen LogP contribution in [-0.2, 0) is 4.74 Å². The Morgan fingerprint density at radius 2 is 2.43 bits per heavy atom. The Morgan fingerprint density at radius 1 is 1.86 bits per heavy atom. The Labute approximate surface area is 45.1 Å². The Morgan fingerprint density at radius 3 is 2.57 bits per heavy atom. The first kappa shape index (κ1) is 6.34. The van der Waals surface area contributed by atoms with Gasteiger partial charge in [-0.25, -0.2) is 0 Å². The molecule has 0 aliphatic rings. The zero-order chi connectivity index (χ0) is 5.70. The van der Waals surface area contributed by atoms with Crippen molar-refractivity contribution in [2.45, 2.75) is 0 Å². The lowest BCUT2D eigenvalue weighted by molar-refractivity contribution is 0.337. The van der Waals surface area contributed by atoms with E-state index in [2.05, 4.69) is 11.3 Å². The van der Waals surface area contributed by atoms with Crippen LogP contribution in [0.5, 0.6) is 0 Å². The fourth-order valence-electron chi connectivity index (χ4n) is 0.184. The third kappa shape index (κ3) is 3.17. The second kappa shape index (κ2) is 3.53. The molecule has 7 heavy (non-hydrogen) atoms. The summed E-state index contributed by atoms with van der Waals surface area (Å²) in [4.78, 5) is 0. The van der Waals surface area contributed by atoms with Crippen molar-refractivity contribution in [1.29, 1.82) is 0 Å². The molecule has 2 heteroatoms. The number of hydrogen-bond donors (Lipinski definition) is 0. The zero-order valence-electron chi connectivity index (χ0n) is 4.35. The SMILES string of the molecule is [B]/C(C=C)=C/OC. The van der Waals surface area contributed by atoms with Crippen molar-refractivity contribution in [2.24, 2.45) is 0 Å². The number of methoxy groups -OCH3 is 1. The minimum Gasteiger partial charge on any atom is -0.505 e. The summed E-state index contributed by atoms with van der Waals surface area (Å²) in [5, 5.41) is 0. The summed E-state index contributed by atoms with van der Waals surface area (Å²) in [5.41, 5.74) is 0.544. The first-order chi connectivity index (χ1) is 3.31. The van der Waals surface area contributed by atoms with Gasteiger partial charge in [0, 0.05) is 0 Å². The van der Waals surface area contributed by atoms with Crippen LogP contribution < -0.4 is 0 Å². The summed E-state index contributed by atoms with van der Waals surface area (Å²) in [5.74, 6) is 0. The summed E-state index contributed by atoms with van der Waals surface area (Å²) < 4.78 is 4.54.